The highest BCUT2D eigenvalue weighted by Gasteiger charge is 2.16. The molecular formula is C14H22N4O. The first-order valence-electron chi connectivity index (χ1n) is 6.79. The maximum Gasteiger partial charge on any atom is 0.224 e. The smallest absolute Gasteiger partial charge is 0.224 e. The molecule has 104 valence electrons. The fraction of sp³-hybridized carbons (Fsp3) is 0.571. The van der Waals surface area contributed by atoms with Crippen LogP contribution >= 0.6 is 0 Å². The average Bonchev–Trinajstić information content (AvgIpc) is 2.40. The van der Waals surface area contributed by atoms with Crippen LogP contribution in [-0.4, -0.2) is 38.1 Å². The fourth-order valence-corrected chi connectivity index (χ4v) is 2.30. The first-order chi connectivity index (χ1) is 9.15. The van der Waals surface area contributed by atoms with E-state index in [0.717, 1.165) is 37.4 Å². The SMILES string of the molecule is CN(C)c1ccc(NC(=O)CC2CCCNC2)cn1. The van der Waals surface area contributed by atoms with Crippen LogP contribution in [0.4, 0.5) is 11.5 Å². The Morgan fingerprint density at radius 3 is 2.95 bits per heavy atom. The summed E-state index contributed by atoms with van der Waals surface area (Å²) in [7, 11) is 3.88. The van der Waals surface area contributed by atoms with Crippen LogP contribution in [0.2, 0.25) is 0 Å². The molecule has 1 aromatic heterocycles. The van der Waals surface area contributed by atoms with Gasteiger partial charge in [0.2, 0.25) is 5.91 Å². The van der Waals surface area contributed by atoms with Crippen LogP contribution in [0.25, 0.3) is 0 Å². The molecule has 2 N–H and O–H groups in total. The van der Waals surface area contributed by atoms with E-state index in [9.17, 15) is 4.79 Å². The molecule has 1 fully saturated rings. The van der Waals surface area contributed by atoms with Crippen LogP contribution in [0.1, 0.15) is 19.3 Å². The van der Waals surface area contributed by atoms with Gasteiger partial charge in [0.1, 0.15) is 5.82 Å². The molecular weight excluding hydrogens is 240 g/mol. The Kier molecular flexibility index (Phi) is 4.74. The molecule has 1 saturated heterocycles. The number of amides is 1. The van der Waals surface area contributed by atoms with Gasteiger partial charge in [-0.25, -0.2) is 4.98 Å². The summed E-state index contributed by atoms with van der Waals surface area (Å²) in [6.07, 6.45) is 4.59. The Bertz CT molecular complexity index is 410. The minimum Gasteiger partial charge on any atom is -0.363 e. The summed E-state index contributed by atoms with van der Waals surface area (Å²) in [4.78, 5) is 18.1. The second kappa shape index (κ2) is 6.52. The summed E-state index contributed by atoms with van der Waals surface area (Å²) >= 11 is 0. The molecule has 1 aliphatic rings. The van der Waals surface area contributed by atoms with Crippen LogP contribution in [0.3, 0.4) is 0 Å². The molecule has 0 bridgehead atoms. The van der Waals surface area contributed by atoms with E-state index in [-0.39, 0.29) is 5.91 Å². The lowest BCUT2D eigenvalue weighted by Crippen LogP contribution is -2.32. The molecule has 1 aliphatic heterocycles. The van der Waals surface area contributed by atoms with Gasteiger partial charge in [-0.15, -0.1) is 0 Å². The van der Waals surface area contributed by atoms with Crippen molar-refractivity contribution in [2.45, 2.75) is 19.3 Å². The minimum atomic E-state index is 0.0769. The second-order valence-corrected chi connectivity index (χ2v) is 5.26. The normalized spacial score (nSPS) is 18.9. The zero-order valence-electron chi connectivity index (χ0n) is 11.6. The van der Waals surface area contributed by atoms with Crippen molar-refractivity contribution in [1.82, 2.24) is 10.3 Å². The van der Waals surface area contributed by atoms with E-state index >= 15 is 0 Å². The Morgan fingerprint density at radius 2 is 2.37 bits per heavy atom. The number of carbonyl (C=O) groups is 1. The zero-order valence-corrected chi connectivity index (χ0v) is 11.6. The molecule has 2 heterocycles. The first kappa shape index (κ1) is 13.8. The summed E-state index contributed by atoms with van der Waals surface area (Å²) in [6.45, 7) is 2.03. The molecule has 1 aromatic rings. The Hall–Kier alpha value is -1.62. The molecule has 19 heavy (non-hydrogen) atoms. The fourth-order valence-electron chi connectivity index (χ4n) is 2.30. The van der Waals surface area contributed by atoms with Gasteiger partial charge >= 0.3 is 0 Å². The van der Waals surface area contributed by atoms with Gasteiger partial charge in [-0.2, -0.15) is 0 Å². The largest absolute Gasteiger partial charge is 0.363 e. The van der Waals surface area contributed by atoms with Crippen molar-refractivity contribution in [3.05, 3.63) is 18.3 Å². The molecule has 0 aromatic carbocycles. The second-order valence-electron chi connectivity index (χ2n) is 5.26. The minimum absolute atomic E-state index is 0.0769. The van der Waals surface area contributed by atoms with Gasteiger partial charge in [-0.05, 0) is 44.0 Å². The molecule has 1 unspecified atom stereocenters. The molecule has 5 nitrogen and oxygen atoms in total. The molecule has 0 radical (unpaired) electrons. The third-order valence-electron chi connectivity index (χ3n) is 3.36. The van der Waals surface area contributed by atoms with Crippen LogP contribution < -0.4 is 15.5 Å². The molecule has 0 saturated carbocycles. The van der Waals surface area contributed by atoms with Crippen molar-refractivity contribution in [2.75, 3.05) is 37.4 Å². The number of piperidine rings is 1. The monoisotopic (exact) mass is 262 g/mol. The van der Waals surface area contributed by atoms with Gasteiger partial charge in [0.25, 0.3) is 0 Å². The Balaban J connectivity index is 1.84. The lowest BCUT2D eigenvalue weighted by atomic mass is 9.96. The lowest BCUT2D eigenvalue weighted by molar-refractivity contribution is -0.117. The molecule has 5 heteroatoms. The number of pyridine rings is 1. The van der Waals surface area contributed by atoms with E-state index in [1.807, 2.05) is 31.1 Å². The number of aromatic nitrogens is 1. The Morgan fingerprint density at radius 1 is 1.53 bits per heavy atom. The van der Waals surface area contributed by atoms with Crippen molar-refractivity contribution in [3.8, 4) is 0 Å². The quantitative estimate of drug-likeness (QED) is 0.863. The number of hydrogen-bond acceptors (Lipinski definition) is 4. The van der Waals surface area contributed by atoms with E-state index in [2.05, 4.69) is 15.6 Å². The van der Waals surface area contributed by atoms with Gasteiger partial charge in [0.05, 0.1) is 11.9 Å². The van der Waals surface area contributed by atoms with Crippen molar-refractivity contribution in [3.63, 3.8) is 0 Å². The zero-order chi connectivity index (χ0) is 13.7. The topological polar surface area (TPSA) is 57.3 Å². The highest BCUT2D eigenvalue weighted by atomic mass is 16.1. The number of anilines is 2. The van der Waals surface area contributed by atoms with Gasteiger partial charge in [-0.3, -0.25) is 4.79 Å². The predicted octanol–water partition coefficient (Wildman–Crippen LogP) is 1.48. The summed E-state index contributed by atoms with van der Waals surface area (Å²) < 4.78 is 0. The van der Waals surface area contributed by atoms with Crippen molar-refractivity contribution >= 4 is 17.4 Å². The van der Waals surface area contributed by atoms with Crippen molar-refractivity contribution in [1.29, 1.82) is 0 Å². The van der Waals surface area contributed by atoms with Gasteiger partial charge in [0, 0.05) is 20.5 Å². The van der Waals surface area contributed by atoms with Crippen LogP contribution in [0.15, 0.2) is 18.3 Å². The number of rotatable bonds is 4. The number of nitrogens with one attached hydrogen (secondary N) is 2. The number of hydrogen-bond donors (Lipinski definition) is 2. The molecule has 2 rings (SSSR count). The van der Waals surface area contributed by atoms with Gasteiger partial charge in [-0.1, -0.05) is 0 Å². The summed E-state index contributed by atoms with van der Waals surface area (Å²) in [5.74, 6) is 1.42. The summed E-state index contributed by atoms with van der Waals surface area (Å²) in [5, 5.41) is 6.23. The van der Waals surface area contributed by atoms with E-state index in [0.29, 0.717) is 12.3 Å². The van der Waals surface area contributed by atoms with Crippen LogP contribution in [-0.2, 0) is 4.79 Å². The van der Waals surface area contributed by atoms with Crippen LogP contribution in [0.5, 0.6) is 0 Å². The van der Waals surface area contributed by atoms with E-state index in [1.54, 1.807) is 6.20 Å². The lowest BCUT2D eigenvalue weighted by Gasteiger charge is -2.22. The predicted molar refractivity (Wildman–Crippen MR) is 77.4 cm³/mol. The third-order valence-corrected chi connectivity index (χ3v) is 3.36. The highest BCUT2D eigenvalue weighted by molar-refractivity contribution is 5.90. The van der Waals surface area contributed by atoms with E-state index in [4.69, 9.17) is 0 Å². The third kappa shape index (κ3) is 4.21. The summed E-state index contributed by atoms with van der Waals surface area (Å²) in [5.41, 5.74) is 0.763. The molecule has 1 amide bonds. The number of carbonyl (C=O) groups excluding carboxylic acids is 1. The standard InChI is InChI=1S/C14H22N4O/c1-18(2)13-6-5-12(10-16-13)17-14(19)8-11-4-3-7-15-9-11/h5-6,10-11,15H,3-4,7-9H2,1-2H3,(H,17,19). The van der Waals surface area contributed by atoms with Gasteiger partial charge in [0.15, 0.2) is 0 Å². The maximum absolute atomic E-state index is 11.9. The summed E-state index contributed by atoms with van der Waals surface area (Å²) in [6, 6.07) is 3.79. The highest BCUT2D eigenvalue weighted by Crippen LogP contribution is 2.16. The van der Waals surface area contributed by atoms with Crippen molar-refractivity contribution in [2.24, 2.45) is 5.92 Å². The van der Waals surface area contributed by atoms with E-state index in [1.165, 1.54) is 0 Å². The maximum atomic E-state index is 11.9. The number of nitrogens with zero attached hydrogens (tertiary/aromatic N) is 2. The molecule has 1 atom stereocenters. The molecule has 0 aliphatic carbocycles. The average molecular weight is 262 g/mol. The van der Waals surface area contributed by atoms with Crippen molar-refractivity contribution < 1.29 is 4.79 Å². The van der Waals surface area contributed by atoms with Crippen LogP contribution in [0, 0.1) is 5.92 Å². The molecule has 0 spiro atoms. The van der Waals surface area contributed by atoms with Gasteiger partial charge < -0.3 is 15.5 Å². The first-order valence-corrected chi connectivity index (χ1v) is 6.79. The Labute approximate surface area is 114 Å². The van der Waals surface area contributed by atoms with E-state index < -0.39 is 0 Å².